The monoisotopic (exact) mass is 333 g/mol. The number of hydrogen-bond acceptors (Lipinski definition) is 6. The Morgan fingerprint density at radius 2 is 1.95 bits per heavy atom. The Morgan fingerprint density at radius 1 is 1.35 bits per heavy atom. The third-order valence-corrected chi connectivity index (χ3v) is 5.83. The maximum absolute atomic E-state index is 12.3. The van der Waals surface area contributed by atoms with Gasteiger partial charge in [-0.1, -0.05) is 22.9 Å². The molecule has 0 bridgehead atoms. The summed E-state index contributed by atoms with van der Waals surface area (Å²) in [6, 6.07) is 5.19. The predicted octanol–water partition coefficient (Wildman–Crippen LogP) is 2.53. The first kappa shape index (κ1) is 14.7. The number of thiazole rings is 1. The van der Waals surface area contributed by atoms with Gasteiger partial charge < -0.3 is 0 Å². The van der Waals surface area contributed by atoms with Gasteiger partial charge >= 0.3 is 0 Å². The van der Waals surface area contributed by atoms with Crippen LogP contribution >= 0.6 is 22.9 Å². The summed E-state index contributed by atoms with van der Waals surface area (Å²) in [6.07, 6.45) is 1.17. The van der Waals surface area contributed by atoms with Crippen LogP contribution in [0.2, 0.25) is 4.47 Å². The maximum Gasteiger partial charge on any atom is 0.275 e. The van der Waals surface area contributed by atoms with Crippen molar-refractivity contribution in [3.8, 4) is 0 Å². The fourth-order valence-electron chi connectivity index (χ4n) is 1.42. The summed E-state index contributed by atoms with van der Waals surface area (Å²) in [4.78, 5) is 13.7. The lowest BCUT2D eigenvalue weighted by atomic mass is 10.3. The summed E-state index contributed by atoms with van der Waals surface area (Å²) in [5, 5.41) is 10.6. The second kappa shape index (κ2) is 5.35. The molecule has 106 valence electrons. The van der Waals surface area contributed by atoms with E-state index in [-0.39, 0.29) is 14.4 Å². The highest BCUT2D eigenvalue weighted by atomic mass is 35.5. The number of non-ortho nitro benzene ring substituents is 1. The van der Waals surface area contributed by atoms with E-state index in [1.807, 2.05) is 0 Å². The highest BCUT2D eigenvalue weighted by molar-refractivity contribution is 7.94. The van der Waals surface area contributed by atoms with Crippen LogP contribution in [-0.4, -0.2) is 25.4 Å². The van der Waals surface area contributed by atoms with Gasteiger partial charge in [-0.25, -0.2) is 13.4 Å². The molecule has 0 aliphatic carbocycles. The molecule has 0 spiro atoms. The zero-order valence-corrected chi connectivity index (χ0v) is 12.4. The van der Waals surface area contributed by atoms with Crippen molar-refractivity contribution in [1.82, 2.24) is 4.98 Å². The smallest absolute Gasteiger partial charge is 0.269 e. The Bertz CT molecular complexity index is 742. The number of aromatic nitrogens is 1. The Morgan fingerprint density at radius 3 is 2.40 bits per heavy atom. The number of sulfonamides is 1. The summed E-state index contributed by atoms with van der Waals surface area (Å²) in [5.74, 6) is 0. The molecule has 0 amide bonds. The molecular formula is C10H8ClN3O4S2. The average molecular weight is 334 g/mol. The van der Waals surface area contributed by atoms with Gasteiger partial charge in [0, 0.05) is 19.2 Å². The number of nitro groups is 1. The minimum atomic E-state index is -3.77. The van der Waals surface area contributed by atoms with Gasteiger partial charge in [-0.3, -0.25) is 14.4 Å². The molecule has 1 aromatic heterocycles. The Kier molecular flexibility index (Phi) is 3.93. The number of hydrogen-bond donors (Lipinski definition) is 0. The average Bonchev–Trinajstić information content (AvgIpc) is 2.85. The molecule has 1 heterocycles. The fourth-order valence-corrected chi connectivity index (χ4v) is 4.08. The van der Waals surface area contributed by atoms with Gasteiger partial charge in [0.25, 0.3) is 15.7 Å². The van der Waals surface area contributed by atoms with E-state index < -0.39 is 14.9 Å². The molecule has 7 nitrogen and oxygen atoms in total. The van der Waals surface area contributed by atoms with Crippen LogP contribution in [0.25, 0.3) is 0 Å². The lowest BCUT2D eigenvalue weighted by Crippen LogP contribution is -2.25. The summed E-state index contributed by atoms with van der Waals surface area (Å²) >= 11 is 6.46. The zero-order valence-electron chi connectivity index (χ0n) is 10.1. The van der Waals surface area contributed by atoms with E-state index in [2.05, 4.69) is 4.98 Å². The molecule has 0 atom stereocenters. The molecule has 0 unspecified atom stereocenters. The van der Waals surface area contributed by atoms with E-state index in [1.165, 1.54) is 37.5 Å². The van der Waals surface area contributed by atoms with Crippen LogP contribution in [0.3, 0.4) is 0 Å². The van der Waals surface area contributed by atoms with E-state index in [1.54, 1.807) is 0 Å². The van der Waals surface area contributed by atoms with Crippen molar-refractivity contribution in [2.45, 2.75) is 4.21 Å². The molecule has 0 fully saturated rings. The summed E-state index contributed by atoms with van der Waals surface area (Å²) in [6.45, 7) is 0. The topological polar surface area (TPSA) is 93.4 Å². The summed E-state index contributed by atoms with van der Waals surface area (Å²) in [7, 11) is -2.42. The van der Waals surface area contributed by atoms with Crippen molar-refractivity contribution in [3.63, 3.8) is 0 Å². The lowest BCUT2D eigenvalue weighted by Gasteiger charge is -2.17. The minimum Gasteiger partial charge on any atom is -0.269 e. The minimum absolute atomic E-state index is 0.00310. The third-order valence-electron chi connectivity index (χ3n) is 2.50. The van der Waals surface area contributed by atoms with Gasteiger partial charge in [-0.2, -0.15) is 0 Å². The van der Waals surface area contributed by atoms with Gasteiger partial charge in [0.1, 0.15) is 0 Å². The molecule has 20 heavy (non-hydrogen) atoms. The molecule has 2 aromatic rings. The number of rotatable bonds is 4. The molecule has 0 saturated carbocycles. The molecule has 0 aliphatic rings. The molecule has 0 N–H and O–H groups in total. The van der Waals surface area contributed by atoms with E-state index in [0.29, 0.717) is 5.69 Å². The third kappa shape index (κ3) is 2.74. The van der Waals surface area contributed by atoms with Crippen molar-refractivity contribution in [3.05, 3.63) is 45.0 Å². The van der Waals surface area contributed by atoms with E-state index in [0.717, 1.165) is 15.6 Å². The van der Waals surface area contributed by atoms with Crippen LogP contribution in [0.4, 0.5) is 11.4 Å². The van der Waals surface area contributed by atoms with Gasteiger partial charge in [0.05, 0.1) is 16.8 Å². The first-order valence-electron chi connectivity index (χ1n) is 5.17. The summed E-state index contributed by atoms with van der Waals surface area (Å²) < 4.78 is 25.7. The molecule has 10 heteroatoms. The molecule has 2 rings (SSSR count). The molecular weight excluding hydrogens is 326 g/mol. The SMILES string of the molecule is CN(c1ccc([N+](=O)[O-])cc1)S(=O)(=O)c1cnc(Cl)s1. The van der Waals surface area contributed by atoms with Crippen LogP contribution in [-0.2, 0) is 10.0 Å². The van der Waals surface area contributed by atoms with E-state index in [4.69, 9.17) is 11.6 Å². The molecule has 0 saturated heterocycles. The Labute approximate surface area is 123 Å². The van der Waals surface area contributed by atoms with Crippen LogP contribution in [0.5, 0.6) is 0 Å². The van der Waals surface area contributed by atoms with Gasteiger partial charge in [0.2, 0.25) is 0 Å². The number of halogens is 1. The first-order chi connectivity index (χ1) is 9.32. The second-order valence-corrected chi connectivity index (χ2v) is 7.49. The molecule has 1 aromatic carbocycles. The quantitative estimate of drug-likeness (QED) is 0.633. The van der Waals surface area contributed by atoms with Crippen molar-refractivity contribution in [1.29, 1.82) is 0 Å². The van der Waals surface area contributed by atoms with Crippen molar-refractivity contribution < 1.29 is 13.3 Å². The van der Waals surface area contributed by atoms with E-state index in [9.17, 15) is 18.5 Å². The highest BCUT2D eigenvalue weighted by Crippen LogP contribution is 2.28. The normalized spacial score (nSPS) is 11.3. The van der Waals surface area contributed by atoms with Crippen LogP contribution in [0, 0.1) is 10.1 Å². The standard InChI is InChI=1S/C10H8ClN3O4S2/c1-13(7-2-4-8(5-3-7)14(15)16)20(17,18)9-6-12-10(11)19-9/h2-6H,1H3. The van der Waals surface area contributed by atoms with Gasteiger partial charge in [-0.05, 0) is 12.1 Å². The maximum atomic E-state index is 12.3. The first-order valence-corrected chi connectivity index (χ1v) is 7.80. The number of anilines is 1. The lowest BCUT2D eigenvalue weighted by molar-refractivity contribution is -0.384. The fraction of sp³-hybridized carbons (Fsp3) is 0.100. The zero-order chi connectivity index (χ0) is 14.9. The van der Waals surface area contributed by atoms with E-state index >= 15 is 0 Å². The number of nitro benzene ring substituents is 1. The highest BCUT2D eigenvalue weighted by Gasteiger charge is 2.24. The van der Waals surface area contributed by atoms with Crippen LogP contribution in [0.15, 0.2) is 34.7 Å². The molecule has 0 radical (unpaired) electrons. The number of nitrogens with zero attached hydrogens (tertiary/aromatic N) is 3. The number of benzene rings is 1. The Hall–Kier alpha value is -1.71. The van der Waals surface area contributed by atoms with Crippen molar-refractivity contribution >= 4 is 44.3 Å². The summed E-state index contributed by atoms with van der Waals surface area (Å²) in [5.41, 5.74) is 0.195. The van der Waals surface area contributed by atoms with Gasteiger partial charge in [0.15, 0.2) is 8.68 Å². The largest absolute Gasteiger partial charge is 0.275 e. The Balaban J connectivity index is 2.35. The van der Waals surface area contributed by atoms with Crippen LogP contribution in [0.1, 0.15) is 0 Å². The van der Waals surface area contributed by atoms with Gasteiger partial charge in [-0.15, -0.1) is 0 Å². The van der Waals surface area contributed by atoms with Crippen LogP contribution < -0.4 is 4.31 Å². The van der Waals surface area contributed by atoms with Crippen molar-refractivity contribution in [2.75, 3.05) is 11.4 Å². The predicted molar refractivity (Wildman–Crippen MR) is 75.8 cm³/mol. The molecule has 0 aliphatic heterocycles. The second-order valence-electron chi connectivity index (χ2n) is 3.68. The van der Waals surface area contributed by atoms with Crippen molar-refractivity contribution in [2.24, 2.45) is 0 Å².